The van der Waals surface area contributed by atoms with Gasteiger partial charge < -0.3 is 25.8 Å². The van der Waals surface area contributed by atoms with Crippen LogP contribution in [-0.2, 0) is 11.3 Å². The maximum Gasteiger partial charge on any atom is 0.407 e. The molecule has 134 valence electrons. The number of rotatable bonds is 6. The second-order valence-electron chi connectivity index (χ2n) is 6.27. The summed E-state index contributed by atoms with van der Waals surface area (Å²) in [5.74, 6) is 1.02. The number of carbonyl (C=O) groups is 1. The summed E-state index contributed by atoms with van der Waals surface area (Å²) in [6.45, 7) is 8.43. The fraction of sp³-hybridized carbons (Fsp3) is 0.529. The van der Waals surface area contributed by atoms with E-state index in [9.17, 15) is 4.79 Å². The third-order valence-corrected chi connectivity index (χ3v) is 2.88. The summed E-state index contributed by atoms with van der Waals surface area (Å²) >= 11 is 0. The van der Waals surface area contributed by atoms with Gasteiger partial charge >= 0.3 is 6.09 Å². The minimum absolute atomic E-state index is 0.277. The van der Waals surface area contributed by atoms with Crippen molar-refractivity contribution in [2.75, 3.05) is 19.0 Å². The summed E-state index contributed by atoms with van der Waals surface area (Å²) in [6, 6.07) is 5.50. The molecule has 0 unspecified atom stereocenters. The number of hydrogen-bond acceptors (Lipinski definition) is 4. The number of amides is 1. The van der Waals surface area contributed by atoms with Crippen molar-refractivity contribution in [1.82, 2.24) is 5.32 Å². The number of carbonyl (C=O) groups excluding carboxylic acids is 1. The van der Waals surface area contributed by atoms with E-state index in [4.69, 9.17) is 15.2 Å². The van der Waals surface area contributed by atoms with Crippen LogP contribution < -0.4 is 21.1 Å². The van der Waals surface area contributed by atoms with Gasteiger partial charge in [-0.05, 0) is 45.4 Å². The molecular weight excluding hydrogens is 308 g/mol. The first-order valence-corrected chi connectivity index (χ1v) is 7.96. The predicted molar refractivity (Wildman–Crippen MR) is 96.5 cm³/mol. The minimum atomic E-state index is -0.540. The van der Waals surface area contributed by atoms with E-state index >= 15 is 0 Å². The Bertz CT molecular complexity index is 580. The summed E-state index contributed by atoms with van der Waals surface area (Å²) in [5.41, 5.74) is 6.86. The maximum absolute atomic E-state index is 11.8. The van der Waals surface area contributed by atoms with Crippen LogP contribution in [0.5, 0.6) is 5.75 Å². The fourth-order valence-electron chi connectivity index (χ4n) is 1.90. The van der Waals surface area contributed by atoms with E-state index in [1.54, 1.807) is 7.11 Å². The second kappa shape index (κ2) is 9.00. The highest BCUT2D eigenvalue weighted by atomic mass is 16.6. The Labute approximate surface area is 143 Å². The zero-order chi connectivity index (χ0) is 18.2. The number of ether oxygens (including phenoxy) is 2. The summed E-state index contributed by atoms with van der Waals surface area (Å²) in [4.78, 5) is 16.0. The van der Waals surface area contributed by atoms with Gasteiger partial charge in [0.2, 0.25) is 0 Å². The molecule has 0 radical (unpaired) electrons. The number of nitrogens with zero attached hydrogens (tertiary/aromatic N) is 1. The molecule has 0 fully saturated rings. The zero-order valence-electron chi connectivity index (χ0n) is 15.1. The second-order valence-corrected chi connectivity index (χ2v) is 6.27. The van der Waals surface area contributed by atoms with Crippen LogP contribution in [0.15, 0.2) is 23.2 Å². The quantitative estimate of drug-likeness (QED) is 0.548. The highest BCUT2D eigenvalue weighted by Gasteiger charge is 2.16. The summed E-state index contributed by atoms with van der Waals surface area (Å²) in [5, 5.41) is 5.74. The van der Waals surface area contributed by atoms with Gasteiger partial charge in [-0.15, -0.1) is 0 Å². The van der Waals surface area contributed by atoms with Crippen LogP contribution in [0.4, 0.5) is 10.5 Å². The van der Waals surface area contributed by atoms with Crippen molar-refractivity contribution in [3.8, 4) is 5.75 Å². The lowest BCUT2D eigenvalue weighted by Crippen LogP contribution is -2.32. The molecule has 0 aliphatic rings. The van der Waals surface area contributed by atoms with Crippen molar-refractivity contribution in [1.29, 1.82) is 0 Å². The Balaban J connectivity index is 2.78. The number of nitrogens with one attached hydrogen (secondary N) is 2. The Hall–Kier alpha value is -2.44. The molecular formula is C17H28N4O3. The van der Waals surface area contributed by atoms with Gasteiger partial charge in [-0.2, -0.15) is 0 Å². The van der Waals surface area contributed by atoms with Crippen LogP contribution in [0.1, 0.15) is 39.7 Å². The lowest BCUT2D eigenvalue weighted by Gasteiger charge is -2.20. The molecule has 0 aliphatic heterocycles. The van der Waals surface area contributed by atoms with E-state index in [0.717, 1.165) is 17.7 Å². The predicted octanol–water partition coefficient (Wildman–Crippen LogP) is 2.86. The number of guanidine groups is 1. The van der Waals surface area contributed by atoms with Crippen LogP contribution in [-0.4, -0.2) is 31.3 Å². The van der Waals surface area contributed by atoms with Crippen LogP contribution in [0, 0.1) is 0 Å². The first-order chi connectivity index (χ1) is 11.2. The Morgan fingerprint density at radius 2 is 2.04 bits per heavy atom. The van der Waals surface area contributed by atoms with Gasteiger partial charge in [0, 0.05) is 24.3 Å². The first kappa shape index (κ1) is 19.6. The van der Waals surface area contributed by atoms with Gasteiger partial charge in [0.25, 0.3) is 0 Å². The Kier molecular flexibility index (Phi) is 7.35. The number of nitrogens with two attached hydrogens (primary N) is 1. The monoisotopic (exact) mass is 336 g/mol. The minimum Gasteiger partial charge on any atom is -0.496 e. The van der Waals surface area contributed by atoms with E-state index in [1.165, 1.54) is 0 Å². The third kappa shape index (κ3) is 7.21. The molecule has 1 aromatic carbocycles. The first-order valence-electron chi connectivity index (χ1n) is 7.96. The van der Waals surface area contributed by atoms with Crippen molar-refractivity contribution in [2.24, 2.45) is 10.7 Å². The molecule has 0 atom stereocenters. The van der Waals surface area contributed by atoms with E-state index in [2.05, 4.69) is 15.6 Å². The molecule has 4 N–H and O–H groups in total. The SMILES string of the molecule is CCCN=C(N)Nc1ccc(OC)c(CNC(=O)OC(C)(C)C)c1. The lowest BCUT2D eigenvalue weighted by molar-refractivity contribution is 0.0523. The van der Waals surface area contributed by atoms with Crippen LogP contribution in [0.2, 0.25) is 0 Å². The van der Waals surface area contributed by atoms with Gasteiger partial charge in [-0.1, -0.05) is 6.92 Å². The van der Waals surface area contributed by atoms with Crippen molar-refractivity contribution in [3.05, 3.63) is 23.8 Å². The molecule has 0 bridgehead atoms. The third-order valence-electron chi connectivity index (χ3n) is 2.88. The zero-order valence-corrected chi connectivity index (χ0v) is 15.1. The largest absolute Gasteiger partial charge is 0.496 e. The number of methoxy groups -OCH3 is 1. The van der Waals surface area contributed by atoms with Crippen molar-refractivity contribution >= 4 is 17.7 Å². The molecule has 1 aromatic rings. The normalized spacial score (nSPS) is 11.8. The topological polar surface area (TPSA) is 98.0 Å². The molecule has 1 rings (SSSR count). The number of hydrogen-bond donors (Lipinski definition) is 3. The smallest absolute Gasteiger partial charge is 0.407 e. The molecule has 0 saturated carbocycles. The average molecular weight is 336 g/mol. The molecule has 0 aromatic heterocycles. The van der Waals surface area contributed by atoms with Gasteiger partial charge in [-0.25, -0.2) is 4.79 Å². The number of alkyl carbamates (subject to hydrolysis) is 1. The van der Waals surface area contributed by atoms with Crippen LogP contribution >= 0.6 is 0 Å². The standard InChI is InChI=1S/C17H28N4O3/c1-6-9-19-15(18)21-13-7-8-14(23-5)12(10-13)11-20-16(22)24-17(2,3)4/h7-8,10H,6,9,11H2,1-5H3,(H,20,22)(H3,18,19,21). The molecule has 0 saturated heterocycles. The number of anilines is 1. The molecule has 0 aliphatic carbocycles. The molecule has 0 heterocycles. The average Bonchev–Trinajstić information content (AvgIpc) is 2.49. The van der Waals surface area contributed by atoms with Gasteiger partial charge in [0.15, 0.2) is 5.96 Å². The molecule has 1 amide bonds. The Morgan fingerprint density at radius 3 is 2.62 bits per heavy atom. The number of aliphatic imine (C=N–C) groups is 1. The van der Waals surface area contributed by atoms with Gasteiger partial charge in [0.1, 0.15) is 11.4 Å². The van der Waals surface area contributed by atoms with E-state index in [0.29, 0.717) is 18.3 Å². The highest BCUT2D eigenvalue weighted by molar-refractivity contribution is 5.92. The lowest BCUT2D eigenvalue weighted by atomic mass is 10.1. The van der Waals surface area contributed by atoms with Crippen LogP contribution in [0.25, 0.3) is 0 Å². The maximum atomic E-state index is 11.8. The summed E-state index contributed by atoms with van der Waals surface area (Å²) in [7, 11) is 1.58. The summed E-state index contributed by atoms with van der Waals surface area (Å²) in [6.07, 6.45) is 0.447. The van der Waals surface area contributed by atoms with Gasteiger partial charge in [0.05, 0.1) is 7.11 Å². The van der Waals surface area contributed by atoms with Crippen LogP contribution in [0.3, 0.4) is 0 Å². The summed E-state index contributed by atoms with van der Waals surface area (Å²) < 4.78 is 10.5. The van der Waals surface area contributed by atoms with E-state index in [-0.39, 0.29) is 6.54 Å². The number of benzene rings is 1. The highest BCUT2D eigenvalue weighted by Crippen LogP contribution is 2.22. The van der Waals surface area contributed by atoms with Crippen molar-refractivity contribution in [3.63, 3.8) is 0 Å². The van der Waals surface area contributed by atoms with E-state index < -0.39 is 11.7 Å². The van der Waals surface area contributed by atoms with E-state index in [1.807, 2.05) is 45.9 Å². The molecule has 24 heavy (non-hydrogen) atoms. The molecule has 0 spiro atoms. The van der Waals surface area contributed by atoms with Gasteiger partial charge in [-0.3, -0.25) is 4.99 Å². The Morgan fingerprint density at radius 1 is 1.33 bits per heavy atom. The molecule has 7 nitrogen and oxygen atoms in total. The van der Waals surface area contributed by atoms with Crippen molar-refractivity contribution < 1.29 is 14.3 Å². The molecule has 7 heteroatoms. The fourth-order valence-corrected chi connectivity index (χ4v) is 1.90. The van der Waals surface area contributed by atoms with Crippen molar-refractivity contribution in [2.45, 2.75) is 46.3 Å².